The molecule has 168 valence electrons. The summed E-state index contributed by atoms with van der Waals surface area (Å²) < 4.78 is 45.3. The lowest BCUT2D eigenvalue weighted by atomic mass is 10.1. The lowest BCUT2D eigenvalue weighted by molar-refractivity contribution is -0.137. The number of nitrogens with one attached hydrogen (secondary N) is 1. The largest absolute Gasteiger partial charge is 0.416 e. The highest BCUT2D eigenvalue weighted by Crippen LogP contribution is 2.36. The smallest absolute Gasteiger partial charge is 0.382 e. The van der Waals surface area contributed by atoms with E-state index in [1.807, 2.05) is 0 Å². The van der Waals surface area contributed by atoms with Crippen molar-refractivity contribution in [2.45, 2.75) is 6.18 Å². The first-order chi connectivity index (χ1) is 15.2. The molecule has 1 saturated heterocycles. The number of urea groups is 1. The lowest BCUT2D eigenvalue weighted by Gasteiger charge is -2.27. The Labute approximate surface area is 186 Å². The summed E-state index contributed by atoms with van der Waals surface area (Å²) in [6.45, 7) is 1.71. The van der Waals surface area contributed by atoms with Crippen LogP contribution in [0.5, 0.6) is 0 Å². The minimum atomic E-state index is -4.46. The van der Waals surface area contributed by atoms with Gasteiger partial charge in [-0.15, -0.1) is 0 Å². The zero-order chi connectivity index (χ0) is 22.9. The number of morpholine rings is 1. The Bertz CT molecular complexity index is 1110. The van der Waals surface area contributed by atoms with Crippen LogP contribution in [0.2, 0.25) is 5.02 Å². The van der Waals surface area contributed by atoms with E-state index in [2.05, 4.69) is 10.4 Å². The van der Waals surface area contributed by atoms with E-state index in [0.29, 0.717) is 48.3 Å². The van der Waals surface area contributed by atoms with Crippen LogP contribution >= 0.6 is 11.6 Å². The Kier molecular flexibility index (Phi) is 5.98. The summed E-state index contributed by atoms with van der Waals surface area (Å²) >= 11 is 5.98. The number of ether oxygens (including phenoxy) is 1. The van der Waals surface area contributed by atoms with Gasteiger partial charge in [-0.25, -0.2) is 9.48 Å². The second-order valence-electron chi connectivity index (χ2n) is 7.10. The van der Waals surface area contributed by atoms with E-state index in [0.717, 1.165) is 12.1 Å². The van der Waals surface area contributed by atoms with Crippen LogP contribution in [0, 0.1) is 0 Å². The van der Waals surface area contributed by atoms with E-state index in [-0.39, 0.29) is 17.5 Å². The molecule has 0 unspecified atom stereocenters. The Morgan fingerprint density at radius 1 is 1.06 bits per heavy atom. The molecule has 1 aromatic heterocycles. The van der Waals surface area contributed by atoms with Crippen molar-refractivity contribution in [1.82, 2.24) is 14.7 Å². The molecule has 3 N–H and O–H groups in total. The summed E-state index contributed by atoms with van der Waals surface area (Å²) in [6.07, 6.45) is -4.46. The highest BCUT2D eigenvalue weighted by atomic mass is 35.5. The highest BCUT2D eigenvalue weighted by molar-refractivity contribution is 6.30. The van der Waals surface area contributed by atoms with Gasteiger partial charge in [-0.1, -0.05) is 23.7 Å². The number of nitrogens with zero attached hydrogens (tertiary/aromatic N) is 3. The van der Waals surface area contributed by atoms with Crippen molar-refractivity contribution in [2.75, 3.05) is 37.4 Å². The number of carbonyl (C=O) groups is 1. The summed E-state index contributed by atoms with van der Waals surface area (Å²) in [5.74, 6) is 0.0799. The number of nitrogen functional groups attached to an aromatic ring is 1. The fourth-order valence-electron chi connectivity index (χ4n) is 3.31. The number of nitrogens with two attached hydrogens (primary N) is 1. The Balaban J connectivity index is 1.74. The molecule has 0 aliphatic carbocycles. The van der Waals surface area contributed by atoms with Gasteiger partial charge in [-0.2, -0.15) is 18.3 Å². The summed E-state index contributed by atoms with van der Waals surface area (Å²) in [5.41, 5.74) is 7.07. The maximum atomic E-state index is 12.9. The van der Waals surface area contributed by atoms with Crippen LogP contribution in [0.25, 0.3) is 16.9 Å². The second kappa shape index (κ2) is 8.71. The average Bonchev–Trinajstić information content (AvgIpc) is 3.10. The number of aromatic nitrogens is 2. The topological polar surface area (TPSA) is 85.4 Å². The van der Waals surface area contributed by atoms with E-state index < -0.39 is 11.7 Å². The SMILES string of the molecule is Nc1c(NC(=O)N2CCOCC2)c(-c2ccc(Cl)cc2)nn1-c1ccc(C(F)(F)F)cc1. The summed E-state index contributed by atoms with van der Waals surface area (Å²) in [4.78, 5) is 14.4. The van der Waals surface area contributed by atoms with Crippen molar-refractivity contribution in [3.05, 3.63) is 59.1 Å². The van der Waals surface area contributed by atoms with Gasteiger partial charge in [0.25, 0.3) is 0 Å². The third kappa shape index (κ3) is 4.51. The molecule has 3 aromatic rings. The molecule has 7 nitrogen and oxygen atoms in total. The van der Waals surface area contributed by atoms with Crippen molar-refractivity contribution in [3.63, 3.8) is 0 Å². The normalized spacial score (nSPS) is 14.4. The third-order valence-corrected chi connectivity index (χ3v) is 5.26. The zero-order valence-electron chi connectivity index (χ0n) is 16.7. The molecule has 1 aliphatic rings. The Morgan fingerprint density at radius 2 is 1.69 bits per heavy atom. The molecule has 0 spiro atoms. The number of amides is 2. The molecule has 4 rings (SSSR count). The number of rotatable bonds is 3. The Morgan fingerprint density at radius 3 is 2.28 bits per heavy atom. The first-order valence-corrected chi connectivity index (χ1v) is 10.1. The number of halogens is 4. The van der Waals surface area contributed by atoms with Crippen molar-refractivity contribution in [2.24, 2.45) is 0 Å². The molecular formula is C21H19ClF3N5O2. The van der Waals surface area contributed by atoms with Gasteiger partial charge in [-0.3, -0.25) is 0 Å². The van der Waals surface area contributed by atoms with Gasteiger partial charge in [0, 0.05) is 23.7 Å². The third-order valence-electron chi connectivity index (χ3n) is 5.01. The van der Waals surface area contributed by atoms with Crippen LogP contribution in [-0.4, -0.2) is 47.0 Å². The van der Waals surface area contributed by atoms with Crippen LogP contribution in [-0.2, 0) is 10.9 Å². The molecule has 2 heterocycles. The van der Waals surface area contributed by atoms with Gasteiger partial charge >= 0.3 is 12.2 Å². The lowest BCUT2D eigenvalue weighted by Crippen LogP contribution is -2.43. The maximum Gasteiger partial charge on any atom is 0.416 e. The van der Waals surface area contributed by atoms with Gasteiger partial charge in [0.15, 0.2) is 5.82 Å². The predicted octanol–water partition coefficient (Wildman–Crippen LogP) is 4.66. The van der Waals surface area contributed by atoms with Crippen molar-refractivity contribution in [1.29, 1.82) is 0 Å². The molecule has 0 atom stereocenters. The molecule has 11 heteroatoms. The fourth-order valence-corrected chi connectivity index (χ4v) is 3.43. The van der Waals surface area contributed by atoms with Gasteiger partial charge in [0.2, 0.25) is 0 Å². The quantitative estimate of drug-likeness (QED) is 0.589. The molecule has 1 fully saturated rings. The first kappa shape index (κ1) is 22.0. The van der Waals surface area contributed by atoms with E-state index in [9.17, 15) is 18.0 Å². The van der Waals surface area contributed by atoms with Gasteiger partial charge in [0.05, 0.1) is 24.5 Å². The second-order valence-corrected chi connectivity index (χ2v) is 7.54. The van der Waals surface area contributed by atoms with Crippen LogP contribution in [0.15, 0.2) is 48.5 Å². The minimum Gasteiger partial charge on any atom is -0.382 e. The van der Waals surface area contributed by atoms with Crippen LogP contribution in [0.1, 0.15) is 5.56 Å². The van der Waals surface area contributed by atoms with E-state index in [1.165, 1.54) is 16.8 Å². The molecule has 1 aliphatic heterocycles. The van der Waals surface area contributed by atoms with E-state index >= 15 is 0 Å². The van der Waals surface area contributed by atoms with Gasteiger partial charge < -0.3 is 20.7 Å². The first-order valence-electron chi connectivity index (χ1n) is 9.70. The molecule has 0 bridgehead atoms. The predicted molar refractivity (Wildman–Crippen MR) is 115 cm³/mol. The highest BCUT2D eigenvalue weighted by Gasteiger charge is 2.30. The molecule has 32 heavy (non-hydrogen) atoms. The van der Waals surface area contributed by atoms with Gasteiger partial charge in [0.1, 0.15) is 11.4 Å². The van der Waals surface area contributed by atoms with E-state index in [1.54, 1.807) is 29.2 Å². The number of hydrogen-bond acceptors (Lipinski definition) is 4. The number of alkyl halides is 3. The summed E-state index contributed by atoms with van der Waals surface area (Å²) in [5, 5.41) is 7.79. The zero-order valence-corrected chi connectivity index (χ0v) is 17.5. The van der Waals surface area contributed by atoms with Crippen LogP contribution in [0.4, 0.5) is 29.5 Å². The van der Waals surface area contributed by atoms with Crippen molar-refractivity contribution in [3.8, 4) is 16.9 Å². The number of anilines is 2. The number of carbonyl (C=O) groups excluding carboxylic acids is 1. The van der Waals surface area contributed by atoms with Crippen LogP contribution < -0.4 is 11.1 Å². The Hall–Kier alpha value is -3.24. The minimum absolute atomic E-state index is 0.0799. The van der Waals surface area contributed by atoms with E-state index in [4.69, 9.17) is 22.1 Å². The molecular weight excluding hydrogens is 447 g/mol. The van der Waals surface area contributed by atoms with Crippen molar-refractivity contribution >= 4 is 29.1 Å². The average molecular weight is 466 g/mol. The van der Waals surface area contributed by atoms with Gasteiger partial charge in [-0.05, 0) is 36.4 Å². The standard InChI is InChI=1S/C21H19ClF3N5O2/c22-15-5-1-13(2-6-15)17-18(27-20(31)29-9-11-32-12-10-29)19(26)30(28-17)16-7-3-14(4-8-16)21(23,24)25/h1-8H,9-12,26H2,(H,27,31). The molecule has 0 radical (unpaired) electrons. The van der Waals surface area contributed by atoms with Crippen LogP contribution in [0.3, 0.4) is 0 Å². The number of hydrogen-bond donors (Lipinski definition) is 2. The summed E-state index contributed by atoms with van der Waals surface area (Å²) in [7, 11) is 0. The molecule has 2 amide bonds. The molecule has 2 aromatic carbocycles. The number of benzene rings is 2. The fraction of sp³-hybridized carbons (Fsp3) is 0.238. The maximum absolute atomic E-state index is 12.9. The molecule has 0 saturated carbocycles. The monoisotopic (exact) mass is 465 g/mol. The summed E-state index contributed by atoms with van der Waals surface area (Å²) in [6, 6.07) is 10.8. The van der Waals surface area contributed by atoms with Crippen molar-refractivity contribution < 1.29 is 22.7 Å².